The van der Waals surface area contributed by atoms with Crippen LogP contribution in [-0.4, -0.2) is 103 Å². The number of carbonyl (C=O) groups excluding carboxylic acids is 3. The summed E-state index contributed by atoms with van der Waals surface area (Å²) < 4.78 is 4.99. The first-order valence-electron chi connectivity index (χ1n) is 15.1. The zero-order chi connectivity index (χ0) is 33.3. The third-order valence-electron chi connectivity index (χ3n) is 8.90. The molecule has 0 unspecified atom stereocenters. The molecular formula is C32H38ClN3O10. The van der Waals surface area contributed by atoms with E-state index in [1.54, 1.807) is 60.4 Å². The van der Waals surface area contributed by atoms with E-state index in [4.69, 9.17) is 16.3 Å². The SMILES string of the molecule is C[C@H](/C=C/CC(=O)N1CCC[C@H]1CO)[C@@]1(O)C(=O)N(Cc2cccc(NC(=O)[C@H]3O[C@@H](O)[C@H](O)[C@@H](O)[C@@H]3O)c2)c2ccc(Cl)cc21. The van der Waals surface area contributed by atoms with Gasteiger partial charge >= 0.3 is 0 Å². The molecule has 2 fully saturated rings. The highest BCUT2D eigenvalue weighted by atomic mass is 35.5. The fraction of sp³-hybridized carbons (Fsp3) is 0.469. The quantitative estimate of drug-likeness (QED) is 0.185. The molecule has 2 aromatic rings. The molecule has 3 amide bonds. The van der Waals surface area contributed by atoms with Crippen molar-refractivity contribution in [3.05, 3.63) is 70.8 Å². The van der Waals surface area contributed by atoms with E-state index in [0.29, 0.717) is 28.4 Å². The van der Waals surface area contributed by atoms with Gasteiger partial charge in [0.25, 0.3) is 11.8 Å². The van der Waals surface area contributed by atoms with Gasteiger partial charge in [0, 0.05) is 35.2 Å². The summed E-state index contributed by atoms with van der Waals surface area (Å²) in [7, 11) is 0. The van der Waals surface area contributed by atoms with E-state index in [1.807, 2.05) is 0 Å². The zero-order valence-electron chi connectivity index (χ0n) is 25.1. The van der Waals surface area contributed by atoms with Crippen LogP contribution < -0.4 is 10.2 Å². The number of nitrogens with one attached hydrogen (secondary N) is 1. The third-order valence-corrected chi connectivity index (χ3v) is 9.13. The minimum absolute atomic E-state index is 0.00190. The first kappa shape index (κ1) is 33.9. The van der Waals surface area contributed by atoms with E-state index in [2.05, 4.69) is 5.32 Å². The summed E-state index contributed by atoms with van der Waals surface area (Å²) in [5.74, 6) is -2.38. The van der Waals surface area contributed by atoms with Gasteiger partial charge in [-0.15, -0.1) is 0 Å². The number of anilines is 2. The Bertz CT molecular complexity index is 1510. The van der Waals surface area contributed by atoms with E-state index in [-0.39, 0.29) is 37.2 Å². The van der Waals surface area contributed by atoms with Gasteiger partial charge in [0.15, 0.2) is 18.0 Å². The van der Waals surface area contributed by atoms with Crippen molar-refractivity contribution in [1.29, 1.82) is 0 Å². The van der Waals surface area contributed by atoms with Crippen LogP contribution in [0.3, 0.4) is 0 Å². The van der Waals surface area contributed by atoms with Crippen LogP contribution >= 0.6 is 11.6 Å². The molecule has 0 aromatic heterocycles. The Kier molecular flexibility index (Phi) is 10.2. The van der Waals surface area contributed by atoms with Gasteiger partial charge in [-0.05, 0) is 48.7 Å². The molecule has 46 heavy (non-hydrogen) atoms. The summed E-state index contributed by atoms with van der Waals surface area (Å²) in [5, 5.41) is 63.9. The van der Waals surface area contributed by atoms with Crippen molar-refractivity contribution in [2.45, 2.75) is 75.1 Å². The lowest BCUT2D eigenvalue weighted by atomic mass is 9.83. The van der Waals surface area contributed by atoms with Gasteiger partial charge < -0.3 is 50.5 Å². The Morgan fingerprint density at radius 1 is 1.13 bits per heavy atom. The number of likely N-dealkylation sites (tertiary alicyclic amines) is 1. The molecule has 8 atom stereocenters. The Morgan fingerprint density at radius 3 is 2.63 bits per heavy atom. The molecule has 2 aromatic carbocycles. The topological polar surface area (TPSA) is 200 Å². The van der Waals surface area contributed by atoms with Gasteiger partial charge in [-0.25, -0.2) is 0 Å². The van der Waals surface area contributed by atoms with Gasteiger partial charge in [-0.3, -0.25) is 14.4 Å². The van der Waals surface area contributed by atoms with Crippen LogP contribution in [0.1, 0.15) is 37.3 Å². The molecule has 3 aliphatic heterocycles. The van der Waals surface area contributed by atoms with Gasteiger partial charge in [0.1, 0.15) is 18.3 Å². The molecule has 0 spiro atoms. The van der Waals surface area contributed by atoms with Crippen LogP contribution in [-0.2, 0) is 31.3 Å². The molecule has 14 heteroatoms. The van der Waals surface area contributed by atoms with Gasteiger partial charge in [0.05, 0.1) is 24.9 Å². The number of halogens is 1. The van der Waals surface area contributed by atoms with Crippen molar-refractivity contribution in [1.82, 2.24) is 4.90 Å². The maximum Gasteiger partial charge on any atom is 0.264 e. The van der Waals surface area contributed by atoms with Crippen LogP contribution in [0.2, 0.25) is 5.02 Å². The molecule has 248 valence electrons. The Morgan fingerprint density at radius 2 is 1.89 bits per heavy atom. The number of fused-ring (bicyclic) bond motifs is 1. The molecule has 3 heterocycles. The number of amides is 3. The average molecular weight is 660 g/mol. The maximum atomic E-state index is 13.9. The molecular weight excluding hydrogens is 622 g/mol. The highest BCUT2D eigenvalue weighted by Crippen LogP contribution is 2.46. The lowest BCUT2D eigenvalue weighted by molar-refractivity contribution is -0.274. The number of benzene rings is 2. The lowest BCUT2D eigenvalue weighted by Gasteiger charge is -2.37. The second-order valence-corrected chi connectivity index (χ2v) is 12.4. The number of rotatable bonds is 9. The fourth-order valence-corrected chi connectivity index (χ4v) is 6.45. The fourth-order valence-electron chi connectivity index (χ4n) is 6.28. The molecule has 7 N–H and O–H groups in total. The zero-order valence-corrected chi connectivity index (χ0v) is 25.8. The van der Waals surface area contributed by atoms with Crippen molar-refractivity contribution in [2.75, 3.05) is 23.4 Å². The number of carbonyl (C=O) groups is 3. The van der Waals surface area contributed by atoms with Gasteiger partial charge in [-0.2, -0.15) is 0 Å². The highest BCUT2D eigenvalue weighted by Gasteiger charge is 2.52. The summed E-state index contributed by atoms with van der Waals surface area (Å²) >= 11 is 6.28. The smallest absolute Gasteiger partial charge is 0.264 e. The summed E-state index contributed by atoms with van der Waals surface area (Å²) in [4.78, 5) is 42.5. The summed E-state index contributed by atoms with van der Waals surface area (Å²) in [6.07, 6.45) is -4.06. The number of hydrogen-bond acceptors (Lipinski definition) is 10. The number of nitrogens with zero attached hydrogens (tertiary/aromatic N) is 2. The molecule has 0 bridgehead atoms. The third kappa shape index (κ3) is 6.42. The second-order valence-electron chi connectivity index (χ2n) is 11.9. The predicted molar refractivity (Wildman–Crippen MR) is 165 cm³/mol. The van der Waals surface area contributed by atoms with Crippen LogP contribution in [0.5, 0.6) is 0 Å². The van der Waals surface area contributed by atoms with Gasteiger partial charge in [0.2, 0.25) is 5.91 Å². The van der Waals surface area contributed by atoms with Crippen molar-refractivity contribution < 1.29 is 49.8 Å². The summed E-state index contributed by atoms with van der Waals surface area (Å²) in [6, 6.07) is 11.0. The highest BCUT2D eigenvalue weighted by molar-refractivity contribution is 6.31. The first-order valence-corrected chi connectivity index (χ1v) is 15.4. The van der Waals surface area contributed by atoms with Crippen molar-refractivity contribution in [3.8, 4) is 0 Å². The van der Waals surface area contributed by atoms with Crippen molar-refractivity contribution in [3.63, 3.8) is 0 Å². The number of aliphatic hydroxyl groups is 6. The molecule has 5 rings (SSSR count). The molecule has 2 saturated heterocycles. The van der Waals surface area contributed by atoms with E-state index >= 15 is 0 Å². The Hall–Kier alpha value is -3.40. The molecule has 0 saturated carbocycles. The Balaban J connectivity index is 1.31. The first-order chi connectivity index (χ1) is 21.9. The number of aliphatic hydroxyl groups excluding tert-OH is 5. The van der Waals surface area contributed by atoms with E-state index in [0.717, 1.165) is 12.8 Å². The van der Waals surface area contributed by atoms with Crippen molar-refractivity contribution in [2.24, 2.45) is 5.92 Å². The summed E-state index contributed by atoms with van der Waals surface area (Å²) in [6.45, 7) is 2.15. The monoisotopic (exact) mass is 659 g/mol. The van der Waals surface area contributed by atoms with Crippen LogP contribution in [0.25, 0.3) is 0 Å². The summed E-state index contributed by atoms with van der Waals surface area (Å²) in [5.41, 5.74) is -0.428. The standard InChI is InChI=1S/C32H38ClN3O10/c1-17(5-2-9-24(38)35-12-4-8-21(35)16-37)32(45)22-14-19(33)10-11-23(22)36(31(32)44)15-18-6-3-7-20(13-18)34-29(42)28-26(40)25(39)27(41)30(43)46-28/h2-3,5-7,10-11,13-14,17,21,25-28,30,37,39-41,43,45H,4,8-9,12,15-16H2,1H3,(H,34,42)/b5-2+/t17-,21+,25+,26+,27-,28+,30-,32+/m1/s1. The minimum atomic E-state index is -1.99. The molecule has 13 nitrogen and oxygen atoms in total. The van der Waals surface area contributed by atoms with Crippen LogP contribution in [0.4, 0.5) is 11.4 Å². The predicted octanol–water partition coefficient (Wildman–Crippen LogP) is 0.379. The molecule has 0 radical (unpaired) electrons. The lowest BCUT2D eigenvalue weighted by Crippen LogP contribution is -2.60. The molecule has 0 aliphatic carbocycles. The average Bonchev–Trinajstić information content (AvgIpc) is 3.60. The molecule has 3 aliphatic rings. The van der Waals surface area contributed by atoms with E-state index in [1.165, 1.54) is 11.0 Å². The van der Waals surface area contributed by atoms with E-state index < -0.39 is 54.0 Å². The minimum Gasteiger partial charge on any atom is -0.394 e. The van der Waals surface area contributed by atoms with Gasteiger partial charge in [-0.1, -0.05) is 42.8 Å². The van der Waals surface area contributed by atoms with Crippen LogP contribution in [0.15, 0.2) is 54.6 Å². The second kappa shape index (κ2) is 13.8. The normalized spacial score (nSPS) is 30.1. The maximum absolute atomic E-state index is 13.9. The van der Waals surface area contributed by atoms with Crippen LogP contribution in [0, 0.1) is 5.92 Å². The largest absolute Gasteiger partial charge is 0.394 e. The number of hydrogen-bond donors (Lipinski definition) is 7. The van der Waals surface area contributed by atoms with Crippen molar-refractivity contribution >= 4 is 40.7 Å². The van der Waals surface area contributed by atoms with E-state index in [9.17, 15) is 45.0 Å². The Labute approximate surface area is 270 Å². The number of ether oxygens (including phenoxy) is 1.